The smallest absolute Gasteiger partial charge is 0.0628 e. The standard InChI is InChI=1S/C16H29N3/c1-6-8-9-10-15(17-11-7-2)12-16-13(3)18-19(5)14(16)4/h6,15,17H,1,7-12H2,2-5H3. The van der Waals surface area contributed by atoms with E-state index in [1.165, 1.54) is 36.2 Å². The summed E-state index contributed by atoms with van der Waals surface area (Å²) < 4.78 is 1.99. The summed E-state index contributed by atoms with van der Waals surface area (Å²) in [4.78, 5) is 0. The van der Waals surface area contributed by atoms with E-state index >= 15 is 0 Å². The predicted octanol–water partition coefficient (Wildman–Crippen LogP) is 3.30. The van der Waals surface area contributed by atoms with Crippen LogP contribution in [-0.2, 0) is 13.5 Å². The van der Waals surface area contributed by atoms with Gasteiger partial charge >= 0.3 is 0 Å². The van der Waals surface area contributed by atoms with Crippen LogP contribution in [0, 0.1) is 13.8 Å². The molecule has 0 spiro atoms. The normalized spacial score (nSPS) is 12.6. The van der Waals surface area contributed by atoms with Gasteiger partial charge in [-0.05, 0) is 58.1 Å². The quantitative estimate of drug-likeness (QED) is 0.547. The summed E-state index contributed by atoms with van der Waals surface area (Å²) in [6.07, 6.45) is 7.81. The third-order valence-corrected chi connectivity index (χ3v) is 3.75. The van der Waals surface area contributed by atoms with Crippen molar-refractivity contribution in [3.05, 3.63) is 29.6 Å². The van der Waals surface area contributed by atoms with E-state index in [1.54, 1.807) is 0 Å². The number of aryl methyl sites for hydroxylation is 2. The molecule has 0 aliphatic heterocycles. The van der Waals surface area contributed by atoms with Crippen LogP contribution in [0.2, 0.25) is 0 Å². The SMILES string of the molecule is C=CCCCC(Cc1c(C)nn(C)c1C)NCCC. The molecule has 0 saturated heterocycles. The monoisotopic (exact) mass is 263 g/mol. The third kappa shape index (κ3) is 4.83. The Bertz CT molecular complexity index is 393. The maximum absolute atomic E-state index is 4.51. The molecule has 3 heteroatoms. The molecule has 0 aliphatic carbocycles. The van der Waals surface area contributed by atoms with E-state index in [0.717, 1.165) is 19.4 Å². The fourth-order valence-electron chi connectivity index (χ4n) is 2.49. The van der Waals surface area contributed by atoms with Crippen molar-refractivity contribution in [2.75, 3.05) is 6.54 Å². The second kappa shape index (κ2) is 8.16. The highest BCUT2D eigenvalue weighted by Gasteiger charge is 2.15. The zero-order valence-electron chi connectivity index (χ0n) is 13.0. The third-order valence-electron chi connectivity index (χ3n) is 3.75. The van der Waals surface area contributed by atoms with Crippen molar-refractivity contribution < 1.29 is 0 Å². The summed E-state index contributed by atoms with van der Waals surface area (Å²) >= 11 is 0. The van der Waals surface area contributed by atoms with Gasteiger partial charge in [-0.3, -0.25) is 4.68 Å². The Morgan fingerprint density at radius 1 is 1.42 bits per heavy atom. The van der Waals surface area contributed by atoms with E-state index in [9.17, 15) is 0 Å². The molecule has 108 valence electrons. The van der Waals surface area contributed by atoms with Gasteiger partial charge in [-0.25, -0.2) is 0 Å². The van der Waals surface area contributed by atoms with Crippen LogP contribution >= 0.6 is 0 Å². The summed E-state index contributed by atoms with van der Waals surface area (Å²) in [6.45, 7) is 11.4. The van der Waals surface area contributed by atoms with Crippen LogP contribution in [0.3, 0.4) is 0 Å². The number of nitrogens with one attached hydrogen (secondary N) is 1. The molecular weight excluding hydrogens is 234 g/mol. The molecule has 3 nitrogen and oxygen atoms in total. The lowest BCUT2D eigenvalue weighted by atomic mass is 9.99. The molecule has 0 amide bonds. The van der Waals surface area contributed by atoms with E-state index in [-0.39, 0.29) is 0 Å². The first-order valence-electron chi connectivity index (χ1n) is 7.43. The molecule has 0 radical (unpaired) electrons. The average molecular weight is 263 g/mol. The number of unbranched alkanes of at least 4 members (excludes halogenated alkanes) is 1. The zero-order chi connectivity index (χ0) is 14.3. The maximum Gasteiger partial charge on any atom is 0.0628 e. The zero-order valence-corrected chi connectivity index (χ0v) is 13.0. The minimum absolute atomic E-state index is 0.557. The lowest BCUT2D eigenvalue weighted by molar-refractivity contribution is 0.464. The Balaban J connectivity index is 2.66. The number of hydrogen-bond acceptors (Lipinski definition) is 2. The van der Waals surface area contributed by atoms with E-state index < -0.39 is 0 Å². The van der Waals surface area contributed by atoms with Crippen molar-refractivity contribution >= 4 is 0 Å². The Hall–Kier alpha value is -1.09. The highest BCUT2D eigenvalue weighted by Crippen LogP contribution is 2.16. The maximum atomic E-state index is 4.51. The first-order chi connectivity index (χ1) is 9.10. The topological polar surface area (TPSA) is 29.9 Å². The lowest BCUT2D eigenvalue weighted by Gasteiger charge is -2.18. The summed E-state index contributed by atoms with van der Waals surface area (Å²) in [5.41, 5.74) is 3.88. The first-order valence-corrected chi connectivity index (χ1v) is 7.43. The van der Waals surface area contributed by atoms with Crippen molar-refractivity contribution in [1.29, 1.82) is 0 Å². The molecule has 0 saturated carbocycles. The van der Waals surface area contributed by atoms with Crippen molar-refractivity contribution in [3.8, 4) is 0 Å². The lowest BCUT2D eigenvalue weighted by Crippen LogP contribution is -2.32. The molecule has 0 aromatic carbocycles. The van der Waals surface area contributed by atoms with Gasteiger partial charge < -0.3 is 5.32 Å². The second-order valence-corrected chi connectivity index (χ2v) is 5.35. The Morgan fingerprint density at radius 2 is 2.16 bits per heavy atom. The largest absolute Gasteiger partial charge is 0.314 e. The molecule has 0 aliphatic rings. The van der Waals surface area contributed by atoms with E-state index in [1.807, 2.05) is 17.8 Å². The molecule has 1 N–H and O–H groups in total. The minimum atomic E-state index is 0.557. The van der Waals surface area contributed by atoms with Gasteiger partial charge in [0.15, 0.2) is 0 Å². The Morgan fingerprint density at radius 3 is 2.68 bits per heavy atom. The number of nitrogens with zero attached hydrogens (tertiary/aromatic N) is 2. The van der Waals surface area contributed by atoms with Crippen molar-refractivity contribution in [2.45, 2.75) is 58.9 Å². The van der Waals surface area contributed by atoms with Gasteiger partial charge in [-0.2, -0.15) is 5.10 Å². The molecule has 0 fully saturated rings. The van der Waals surface area contributed by atoms with Gasteiger partial charge in [0.2, 0.25) is 0 Å². The average Bonchev–Trinajstić information content (AvgIpc) is 2.62. The molecule has 1 heterocycles. The van der Waals surface area contributed by atoms with Crippen molar-refractivity contribution in [3.63, 3.8) is 0 Å². The van der Waals surface area contributed by atoms with Gasteiger partial charge in [-0.1, -0.05) is 13.0 Å². The van der Waals surface area contributed by atoms with Crippen LogP contribution in [0.15, 0.2) is 12.7 Å². The summed E-state index contributed by atoms with van der Waals surface area (Å²) in [6, 6.07) is 0.557. The molecule has 1 rings (SSSR count). The fourth-order valence-corrected chi connectivity index (χ4v) is 2.49. The van der Waals surface area contributed by atoms with Gasteiger partial charge in [0.25, 0.3) is 0 Å². The van der Waals surface area contributed by atoms with E-state index in [4.69, 9.17) is 0 Å². The van der Waals surface area contributed by atoms with E-state index in [2.05, 4.69) is 37.8 Å². The molecule has 0 bridgehead atoms. The van der Waals surface area contributed by atoms with Gasteiger partial charge in [-0.15, -0.1) is 6.58 Å². The second-order valence-electron chi connectivity index (χ2n) is 5.35. The fraction of sp³-hybridized carbons (Fsp3) is 0.688. The highest BCUT2D eigenvalue weighted by molar-refractivity contribution is 5.25. The molecule has 1 unspecified atom stereocenters. The number of allylic oxidation sites excluding steroid dienone is 1. The first kappa shape index (κ1) is 16.0. The minimum Gasteiger partial charge on any atom is -0.314 e. The van der Waals surface area contributed by atoms with Gasteiger partial charge in [0.05, 0.1) is 5.69 Å². The number of rotatable bonds is 9. The van der Waals surface area contributed by atoms with E-state index in [0.29, 0.717) is 6.04 Å². The van der Waals surface area contributed by atoms with Crippen LogP contribution in [0.4, 0.5) is 0 Å². The van der Waals surface area contributed by atoms with Crippen LogP contribution in [0.1, 0.15) is 49.6 Å². The van der Waals surface area contributed by atoms with Crippen LogP contribution in [0.25, 0.3) is 0 Å². The van der Waals surface area contributed by atoms with Crippen LogP contribution in [-0.4, -0.2) is 22.4 Å². The summed E-state index contributed by atoms with van der Waals surface area (Å²) in [5, 5.41) is 8.18. The molecule has 1 aromatic heterocycles. The van der Waals surface area contributed by atoms with Crippen LogP contribution in [0.5, 0.6) is 0 Å². The van der Waals surface area contributed by atoms with Crippen molar-refractivity contribution in [2.24, 2.45) is 7.05 Å². The highest BCUT2D eigenvalue weighted by atomic mass is 15.3. The van der Waals surface area contributed by atoms with Gasteiger partial charge in [0.1, 0.15) is 0 Å². The van der Waals surface area contributed by atoms with Crippen molar-refractivity contribution in [1.82, 2.24) is 15.1 Å². The van der Waals surface area contributed by atoms with Gasteiger partial charge in [0, 0.05) is 18.8 Å². The Kier molecular flexibility index (Phi) is 6.85. The molecular formula is C16H29N3. The van der Waals surface area contributed by atoms with Crippen LogP contribution < -0.4 is 5.32 Å². The Labute approximate surface area is 118 Å². The molecule has 1 atom stereocenters. The summed E-state index contributed by atoms with van der Waals surface area (Å²) in [7, 11) is 2.03. The number of hydrogen-bond donors (Lipinski definition) is 1. The molecule has 19 heavy (non-hydrogen) atoms. The summed E-state index contributed by atoms with van der Waals surface area (Å²) in [5.74, 6) is 0. The number of aromatic nitrogens is 2. The molecule has 1 aromatic rings. The predicted molar refractivity (Wildman–Crippen MR) is 82.5 cm³/mol.